The van der Waals surface area contributed by atoms with Crippen LogP contribution < -0.4 is 0 Å². The van der Waals surface area contributed by atoms with Crippen LogP contribution in [0.15, 0.2) is 6.07 Å². The van der Waals surface area contributed by atoms with Crippen molar-refractivity contribution in [3.05, 3.63) is 28.6 Å². The topological polar surface area (TPSA) is 63.0 Å². The van der Waals surface area contributed by atoms with Gasteiger partial charge in [0, 0.05) is 0 Å². The third kappa shape index (κ3) is 1.76. The van der Waals surface area contributed by atoms with E-state index in [1.165, 1.54) is 0 Å². The third-order valence-electron chi connectivity index (χ3n) is 2.67. The summed E-state index contributed by atoms with van der Waals surface area (Å²) in [4.78, 5) is 15.7. The van der Waals surface area contributed by atoms with E-state index < -0.39 is 5.97 Å². The fourth-order valence-electron chi connectivity index (χ4n) is 2.01. The van der Waals surface area contributed by atoms with E-state index in [0.29, 0.717) is 18.0 Å². The normalized spacial score (nSPS) is 13.0. The van der Waals surface area contributed by atoms with Crippen LogP contribution in [0.5, 0.6) is 0 Å². The van der Waals surface area contributed by atoms with Crippen molar-refractivity contribution >= 4 is 5.97 Å². The van der Waals surface area contributed by atoms with Crippen LogP contribution in [-0.2, 0) is 17.6 Å². The van der Waals surface area contributed by atoms with Crippen molar-refractivity contribution in [2.75, 3.05) is 6.61 Å². The highest BCUT2D eigenvalue weighted by molar-refractivity contribution is 5.89. The van der Waals surface area contributed by atoms with Crippen molar-refractivity contribution in [3.63, 3.8) is 0 Å². The van der Waals surface area contributed by atoms with Gasteiger partial charge in [-0.05, 0) is 43.4 Å². The number of nitriles is 1. The van der Waals surface area contributed by atoms with Crippen LogP contribution in [0.4, 0.5) is 0 Å². The Morgan fingerprint density at radius 2 is 2.44 bits per heavy atom. The SMILES string of the molecule is CCOC(=O)c1nc(C#N)cc2c1CCC2. The average molecular weight is 216 g/mol. The van der Waals surface area contributed by atoms with Crippen molar-refractivity contribution in [1.29, 1.82) is 5.26 Å². The Hall–Kier alpha value is -1.89. The number of hydrogen-bond donors (Lipinski definition) is 0. The van der Waals surface area contributed by atoms with Crippen LogP contribution in [0.3, 0.4) is 0 Å². The molecule has 0 saturated carbocycles. The molecule has 1 aliphatic carbocycles. The lowest BCUT2D eigenvalue weighted by molar-refractivity contribution is 0.0518. The first kappa shape index (κ1) is 10.6. The zero-order valence-electron chi connectivity index (χ0n) is 9.12. The predicted molar refractivity (Wildman–Crippen MR) is 56.9 cm³/mol. The second-order valence-electron chi connectivity index (χ2n) is 3.68. The largest absolute Gasteiger partial charge is 0.461 e. The maximum atomic E-state index is 11.7. The number of fused-ring (bicyclic) bond motifs is 1. The van der Waals surface area contributed by atoms with Gasteiger partial charge in [0.15, 0.2) is 5.69 Å². The van der Waals surface area contributed by atoms with Crippen LogP contribution in [-0.4, -0.2) is 17.6 Å². The molecule has 82 valence electrons. The number of hydrogen-bond acceptors (Lipinski definition) is 4. The summed E-state index contributed by atoms with van der Waals surface area (Å²) in [6, 6.07) is 3.74. The van der Waals surface area contributed by atoms with Gasteiger partial charge in [0.2, 0.25) is 0 Å². The molecule has 4 nitrogen and oxygen atoms in total. The van der Waals surface area contributed by atoms with Gasteiger partial charge < -0.3 is 4.74 Å². The molecular formula is C12H12N2O2. The minimum atomic E-state index is -0.419. The number of esters is 1. The monoisotopic (exact) mass is 216 g/mol. The molecule has 0 amide bonds. The Balaban J connectivity index is 2.48. The van der Waals surface area contributed by atoms with Crippen LogP contribution in [0.1, 0.15) is 40.7 Å². The van der Waals surface area contributed by atoms with E-state index in [-0.39, 0.29) is 0 Å². The quantitative estimate of drug-likeness (QED) is 0.705. The molecule has 0 aliphatic heterocycles. The van der Waals surface area contributed by atoms with Gasteiger partial charge in [-0.15, -0.1) is 0 Å². The molecule has 1 aliphatic rings. The first-order valence-electron chi connectivity index (χ1n) is 5.36. The number of aromatic nitrogens is 1. The van der Waals surface area contributed by atoms with Gasteiger partial charge in [-0.1, -0.05) is 0 Å². The van der Waals surface area contributed by atoms with Gasteiger partial charge >= 0.3 is 5.97 Å². The van der Waals surface area contributed by atoms with Crippen LogP contribution >= 0.6 is 0 Å². The first-order chi connectivity index (χ1) is 7.76. The Bertz CT molecular complexity index is 475. The summed E-state index contributed by atoms with van der Waals surface area (Å²) in [6.45, 7) is 2.08. The van der Waals surface area contributed by atoms with E-state index in [0.717, 1.165) is 30.4 Å². The van der Waals surface area contributed by atoms with E-state index in [1.807, 2.05) is 6.07 Å². The van der Waals surface area contributed by atoms with Crippen molar-refractivity contribution < 1.29 is 9.53 Å². The van der Waals surface area contributed by atoms with Crippen molar-refractivity contribution in [2.45, 2.75) is 26.2 Å². The second kappa shape index (κ2) is 4.31. The number of pyridine rings is 1. The number of rotatable bonds is 2. The molecular weight excluding hydrogens is 204 g/mol. The minimum Gasteiger partial charge on any atom is -0.461 e. The standard InChI is InChI=1S/C12H12N2O2/c1-2-16-12(15)11-10-5-3-4-8(10)6-9(7-13)14-11/h6H,2-5H2,1H3. The molecule has 2 rings (SSSR count). The molecule has 1 heterocycles. The minimum absolute atomic E-state index is 0.295. The van der Waals surface area contributed by atoms with Crippen LogP contribution in [0, 0.1) is 11.3 Å². The molecule has 1 aromatic heterocycles. The summed E-state index contributed by atoms with van der Waals surface area (Å²) in [5, 5.41) is 8.84. The van der Waals surface area contributed by atoms with E-state index in [4.69, 9.17) is 10.00 Å². The molecule has 1 aromatic rings. The van der Waals surface area contributed by atoms with Crippen LogP contribution in [0.2, 0.25) is 0 Å². The lowest BCUT2D eigenvalue weighted by atomic mass is 10.1. The molecule has 16 heavy (non-hydrogen) atoms. The second-order valence-corrected chi connectivity index (χ2v) is 3.68. The highest BCUT2D eigenvalue weighted by Gasteiger charge is 2.22. The number of carbonyl (C=O) groups is 1. The summed E-state index contributed by atoms with van der Waals surface area (Å²) in [5.74, 6) is -0.419. The fraction of sp³-hybridized carbons (Fsp3) is 0.417. The van der Waals surface area contributed by atoms with Gasteiger partial charge in [-0.3, -0.25) is 0 Å². The first-order valence-corrected chi connectivity index (χ1v) is 5.36. The Kier molecular flexibility index (Phi) is 2.86. The summed E-state index contributed by atoms with van der Waals surface area (Å²) < 4.78 is 4.94. The molecule has 0 fully saturated rings. The van der Waals surface area contributed by atoms with Gasteiger partial charge in [0.05, 0.1) is 6.61 Å². The molecule has 0 aromatic carbocycles. The molecule has 0 bridgehead atoms. The number of carbonyl (C=O) groups excluding carboxylic acids is 1. The average Bonchev–Trinajstić information content (AvgIpc) is 2.75. The van der Waals surface area contributed by atoms with Crippen molar-refractivity contribution in [2.24, 2.45) is 0 Å². The molecule has 0 N–H and O–H groups in total. The summed E-state index contributed by atoms with van der Waals surface area (Å²) in [6.07, 6.45) is 2.78. The summed E-state index contributed by atoms with van der Waals surface area (Å²) in [7, 11) is 0. The Labute approximate surface area is 93.9 Å². The number of aryl methyl sites for hydroxylation is 1. The van der Waals surface area contributed by atoms with Crippen molar-refractivity contribution in [3.8, 4) is 6.07 Å². The Morgan fingerprint density at radius 3 is 3.12 bits per heavy atom. The maximum Gasteiger partial charge on any atom is 0.357 e. The summed E-state index contributed by atoms with van der Waals surface area (Å²) >= 11 is 0. The molecule has 0 spiro atoms. The Morgan fingerprint density at radius 1 is 1.62 bits per heavy atom. The highest BCUT2D eigenvalue weighted by Crippen LogP contribution is 2.25. The van der Waals surface area contributed by atoms with E-state index in [9.17, 15) is 4.79 Å². The lowest BCUT2D eigenvalue weighted by Gasteiger charge is -2.07. The van der Waals surface area contributed by atoms with Crippen LogP contribution in [0.25, 0.3) is 0 Å². The zero-order chi connectivity index (χ0) is 11.5. The van der Waals surface area contributed by atoms with Gasteiger partial charge in [-0.25, -0.2) is 9.78 Å². The third-order valence-corrected chi connectivity index (χ3v) is 2.67. The molecule has 0 atom stereocenters. The van der Waals surface area contributed by atoms with E-state index in [2.05, 4.69) is 4.98 Å². The highest BCUT2D eigenvalue weighted by atomic mass is 16.5. The number of nitrogens with zero attached hydrogens (tertiary/aromatic N) is 2. The molecule has 0 saturated heterocycles. The number of ether oxygens (including phenoxy) is 1. The van der Waals surface area contributed by atoms with E-state index >= 15 is 0 Å². The molecule has 0 radical (unpaired) electrons. The van der Waals surface area contributed by atoms with Crippen molar-refractivity contribution in [1.82, 2.24) is 4.98 Å². The van der Waals surface area contributed by atoms with E-state index in [1.54, 1.807) is 13.0 Å². The van der Waals surface area contributed by atoms with Gasteiger partial charge in [-0.2, -0.15) is 5.26 Å². The molecule has 0 unspecified atom stereocenters. The maximum absolute atomic E-state index is 11.7. The lowest BCUT2D eigenvalue weighted by Crippen LogP contribution is -2.11. The van der Waals surface area contributed by atoms with Gasteiger partial charge in [0.25, 0.3) is 0 Å². The fourth-order valence-corrected chi connectivity index (χ4v) is 2.01. The van der Waals surface area contributed by atoms with Gasteiger partial charge in [0.1, 0.15) is 11.8 Å². The molecule has 4 heteroatoms. The summed E-state index contributed by atoms with van der Waals surface area (Å²) in [5.41, 5.74) is 2.64. The predicted octanol–water partition coefficient (Wildman–Crippen LogP) is 1.62. The zero-order valence-corrected chi connectivity index (χ0v) is 9.12. The smallest absolute Gasteiger partial charge is 0.357 e.